The second-order valence-electron chi connectivity index (χ2n) is 5.44. The minimum absolute atomic E-state index is 0.279. The maximum atomic E-state index is 5.25. The Hall–Kier alpha value is -0.120. The highest BCUT2D eigenvalue weighted by Gasteiger charge is 2.25. The van der Waals surface area contributed by atoms with Crippen LogP contribution in [0.4, 0.5) is 0 Å². The number of nitrogens with one attached hydrogen (secondary N) is 1. The second-order valence-corrected chi connectivity index (χ2v) is 5.44. The molecule has 0 aromatic carbocycles. The van der Waals surface area contributed by atoms with Gasteiger partial charge in [0.25, 0.3) is 0 Å². The van der Waals surface area contributed by atoms with Crippen LogP contribution in [0.15, 0.2) is 0 Å². The average Bonchev–Trinajstić information content (AvgIpc) is 2.18. The van der Waals surface area contributed by atoms with Crippen molar-refractivity contribution in [3.8, 4) is 0 Å². The molecule has 0 radical (unpaired) electrons. The Balaban J connectivity index is 2.28. The third-order valence-electron chi connectivity index (χ3n) is 3.18. The molecule has 1 N–H and O–H groups in total. The molecule has 0 aromatic rings. The molecule has 1 aliphatic rings. The van der Waals surface area contributed by atoms with E-state index in [2.05, 4.69) is 31.1 Å². The molecule has 3 nitrogen and oxygen atoms in total. The zero-order chi connectivity index (χ0) is 11.3. The van der Waals surface area contributed by atoms with Gasteiger partial charge in [-0.25, -0.2) is 0 Å². The van der Waals surface area contributed by atoms with Gasteiger partial charge in [0.2, 0.25) is 0 Å². The maximum absolute atomic E-state index is 5.25. The molecular formula is C12H26N2O. The summed E-state index contributed by atoms with van der Waals surface area (Å²) >= 11 is 0. The summed E-state index contributed by atoms with van der Waals surface area (Å²) in [5.41, 5.74) is 0.279. The van der Waals surface area contributed by atoms with Gasteiger partial charge in [-0.3, -0.25) is 0 Å². The number of piperidine rings is 1. The summed E-state index contributed by atoms with van der Waals surface area (Å²) in [4.78, 5) is 2.56. The zero-order valence-corrected chi connectivity index (χ0v) is 10.7. The van der Waals surface area contributed by atoms with E-state index in [1.54, 1.807) is 7.11 Å². The molecule has 0 unspecified atom stereocenters. The average molecular weight is 214 g/mol. The molecule has 3 heteroatoms. The molecule has 0 aromatic heterocycles. The van der Waals surface area contributed by atoms with Crippen molar-refractivity contribution in [3.05, 3.63) is 0 Å². The Morgan fingerprint density at radius 3 is 2.40 bits per heavy atom. The van der Waals surface area contributed by atoms with Gasteiger partial charge in [0.15, 0.2) is 0 Å². The summed E-state index contributed by atoms with van der Waals surface area (Å²) < 4.78 is 5.25. The summed E-state index contributed by atoms with van der Waals surface area (Å²) in [7, 11) is 3.85. The van der Waals surface area contributed by atoms with Gasteiger partial charge in [0.1, 0.15) is 0 Å². The van der Waals surface area contributed by atoms with Crippen LogP contribution in [0, 0.1) is 5.41 Å². The van der Waals surface area contributed by atoms with Crippen LogP contribution in [-0.2, 0) is 4.74 Å². The van der Waals surface area contributed by atoms with Crippen molar-refractivity contribution < 1.29 is 4.74 Å². The van der Waals surface area contributed by atoms with E-state index in [1.807, 2.05) is 0 Å². The van der Waals surface area contributed by atoms with Crippen LogP contribution in [0.5, 0.6) is 0 Å². The number of rotatable bonds is 5. The summed E-state index contributed by atoms with van der Waals surface area (Å²) in [6, 6.07) is 0.729. The van der Waals surface area contributed by atoms with Crippen molar-refractivity contribution in [2.75, 3.05) is 40.4 Å². The number of hydrogen-bond acceptors (Lipinski definition) is 3. The summed E-state index contributed by atoms with van der Waals surface area (Å²) in [5, 5.41) is 3.36. The SMILES string of the molecule is CNC1CCN(CC(C)(C)COC)CC1. The first-order chi connectivity index (χ1) is 7.07. The highest BCUT2D eigenvalue weighted by molar-refractivity contribution is 4.80. The zero-order valence-electron chi connectivity index (χ0n) is 10.7. The molecule has 0 bridgehead atoms. The Morgan fingerprint density at radius 2 is 1.93 bits per heavy atom. The molecule has 0 saturated carbocycles. The standard InChI is InChI=1S/C12H26N2O/c1-12(2,10-15-4)9-14-7-5-11(13-3)6-8-14/h11,13H,5-10H2,1-4H3. The van der Waals surface area contributed by atoms with E-state index in [0.29, 0.717) is 0 Å². The molecule has 0 amide bonds. The van der Waals surface area contributed by atoms with Crippen molar-refractivity contribution >= 4 is 0 Å². The Kier molecular flexibility index (Phi) is 5.03. The van der Waals surface area contributed by atoms with Crippen LogP contribution in [0.3, 0.4) is 0 Å². The van der Waals surface area contributed by atoms with Crippen LogP contribution in [0.2, 0.25) is 0 Å². The molecule has 0 spiro atoms. The normalized spacial score (nSPS) is 20.8. The molecule has 15 heavy (non-hydrogen) atoms. The predicted molar refractivity (Wildman–Crippen MR) is 64.2 cm³/mol. The fourth-order valence-corrected chi connectivity index (χ4v) is 2.42. The Labute approximate surface area is 94.2 Å². The van der Waals surface area contributed by atoms with E-state index < -0.39 is 0 Å². The van der Waals surface area contributed by atoms with Crippen LogP contribution in [0.25, 0.3) is 0 Å². The van der Waals surface area contributed by atoms with E-state index in [-0.39, 0.29) is 5.41 Å². The molecular weight excluding hydrogens is 188 g/mol. The smallest absolute Gasteiger partial charge is 0.0525 e. The summed E-state index contributed by atoms with van der Waals surface area (Å²) in [6.07, 6.45) is 2.55. The number of nitrogens with zero attached hydrogens (tertiary/aromatic N) is 1. The van der Waals surface area contributed by atoms with Gasteiger partial charge in [0.05, 0.1) is 6.61 Å². The number of likely N-dealkylation sites (tertiary alicyclic amines) is 1. The molecule has 0 atom stereocenters. The lowest BCUT2D eigenvalue weighted by Crippen LogP contribution is -2.45. The van der Waals surface area contributed by atoms with Gasteiger partial charge in [-0.1, -0.05) is 13.8 Å². The molecule has 1 rings (SSSR count). The van der Waals surface area contributed by atoms with Crippen LogP contribution in [0.1, 0.15) is 26.7 Å². The third kappa shape index (κ3) is 4.49. The van der Waals surface area contributed by atoms with Crippen LogP contribution in [-0.4, -0.2) is 51.3 Å². The van der Waals surface area contributed by atoms with Crippen molar-refractivity contribution in [1.29, 1.82) is 0 Å². The monoisotopic (exact) mass is 214 g/mol. The van der Waals surface area contributed by atoms with Gasteiger partial charge in [-0.05, 0) is 33.0 Å². The summed E-state index contributed by atoms with van der Waals surface area (Å²) in [6.45, 7) is 8.99. The van der Waals surface area contributed by atoms with Gasteiger partial charge >= 0.3 is 0 Å². The molecule has 1 aliphatic heterocycles. The third-order valence-corrected chi connectivity index (χ3v) is 3.18. The van der Waals surface area contributed by atoms with Gasteiger partial charge in [-0.15, -0.1) is 0 Å². The molecule has 1 saturated heterocycles. The van der Waals surface area contributed by atoms with Crippen molar-refractivity contribution in [3.63, 3.8) is 0 Å². The largest absolute Gasteiger partial charge is 0.384 e. The first kappa shape index (κ1) is 12.9. The minimum atomic E-state index is 0.279. The quantitative estimate of drug-likeness (QED) is 0.747. The second kappa shape index (κ2) is 5.83. The van der Waals surface area contributed by atoms with Crippen molar-refractivity contribution in [2.45, 2.75) is 32.7 Å². The van der Waals surface area contributed by atoms with Gasteiger partial charge in [-0.2, -0.15) is 0 Å². The van der Waals surface area contributed by atoms with E-state index >= 15 is 0 Å². The molecule has 1 fully saturated rings. The van der Waals surface area contributed by atoms with E-state index in [9.17, 15) is 0 Å². The predicted octanol–water partition coefficient (Wildman–Crippen LogP) is 1.34. The lowest BCUT2D eigenvalue weighted by atomic mass is 9.92. The van der Waals surface area contributed by atoms with E-state index in [1.165, 1.54) is 25.9 Å². The molecule has 1 heterocycles. The fraction of sp³-hybridized carbons (Fsp3) is 1.00. The molecule has 90 valence electrons. The van der Waals surface area contributed by atoms with Gasteiger partial charge in [0, 0.05) is 25.1 Å². The minimum Gasteiger partial charge on any atom is -0.384 e. The van der Waals surface area contributed by atoms with Gasteiger partial charge < -0.3 is 15.0 Å². The molecule has 0 aliphatic carbocycles. The van der Waals surface area contributed by atoms with E-state index in [0.717, 1.165) is 19.2 Å². The maximum Gasteiger partial charge on any atom is 0.0525 e. The number of ether oxygens (including phenoxy) is 1. The van der Waals surface area contributed by atoms with E-state index in [4.69, 9.17) is 4.74 Å². The highest BCUT2D eigenvalue weighted by Crippen LogP contribution is 2.20. The first-order valence-corrected chi connectivity index (χ1v) is 5.96. The number of methoxy groups -OCH3 is 1. The summed E-state index contributed by atoms with van der Waals surface area (Å²) in [5.74, 6) is 0. The lowest BCUT2D eigenvalue weighted by Gasteiger charge is -2.37. The van der Waals surface area contributed by atoms with Crippen molar-refractivity contribution in [2.24, 2.45) is 5.41 Å². The van der Waals surface area contributed by atoms with Crippen LogP contribution >= 0.6 is 0 Å². The fourth-order valence-electron chi connectivity index (χ4n) is 2.42. The van der Waals surface area contributed by atoms with Crippen LogP contribution < -0.4 is 5.32 Å². The lowest BCUT2D eigenvalue weighted by molar-refractivity contribution is 0.0600. The topological polar surface area (TPSA) is 24.5 Å². The Morgan fingerprint density at radius 1 is 1.33 bits per heavy atom. The van der Waals surface area contributed by atoms with Crippen molar-refractivity contribution in [1.82, 2.24) is 10.2 Å². The number of hydrogen-bond donors (Lipinski definition) is 1. The Bertz CT molecular complexity index is 174. The first-order valence-electron chi connectivity index (χ1n) is 5.96. The highest BCUT2D eigenvalue weighted by atomic mass is 16.5.